The summed E-state index contributed by atoms with van der Waals surface area (Å²) in [5.41, 5.74) is 1.08. The summed E-state index contributed by atoms with van der Waals surface area (Å²) < 4.78 is 0. The number of halogens is 1. The molecule has 0 spiro atoms. The van der Waals surface area contributed by atoms with Gasteiger partial charge in [-0.3, -0.25) is 0 Å². The first-order valence-corrected chi connectivity index (χ1v) is 8.73. The van der Waals surface area contributed by atoms with Crippen LogP contribution < -0.4 is 5.32 Å². The van der Waals surface area contributed by atoms with Crippen molar-refractivity contribution in [1.29, 1.82) is 0 Å². The Balaban J connectivity index is 0.000000406. The molecule has 0 amide bonds. The second kappa shape index (κ2) is 13.8. The van der Waals surface area contributed by atoms with Crippen molar-refractivity contribution in [3.63, 3.8) is 0 Å². The molecule has 0 bridgehead atoms. The van der Waals surface area contributed by atoms with Gasteiger partial charge in [0.1, 0.15) is 0 Å². The number of benzene rings is 1. The van der Waals surface area contributed by atoms with Crippen molar-refractivity contribution < 1.29 is 0 Å². The molecule has 0 saturated heterocycles. The lowest BCUT2D eigenvalue weighted by molar-refractivity contribution is 0.291. The monoisotopic (exact) mass is 324 g/mol. The second-order valence-corrected chi connectivity index (χ2v) is 5.79. The average molecular weight is 325 g/mol. The molecule has 0 aliphatic carbocycles. The van der Waals surface area contributed by atoms with Gasteiger partial charge in [0.05, 0.1) is 0 Å². The van der Waals surface area contributed by atoms with Crippen molar-refractivity contribution >= 4 is 17.7 Å². The van der Waals surface area contributed by atoms with E-state index in [9.17, 15) is 0 Å². The van der Waals surface area contributed by atoms with Gasteiger partial charge in [0.15, 0.2) is 0 Å². The minimum Gasteiger partial charge on any atom is -0.317 e. The molecule has 0 heterocycles. The standard InChI is InChI=1S/C10H24N2.C9H9Cl/c1-5-12(6-2)9-7-8-10(3)11-4;1-2-5-8-6-3-4-7-9(8)10/h10-11H,5-9H2,1-4H3;2-7H,1H3/b;5-2+. The smallest absolute Gasteiger partial charge is 0.0478 e. The Morgan fingerprint density at radius 2 is 1.86 bits per heavy atom. The highest BCUT2D eigenvalue weighted by Crippen LogP contribution is 2.15. The first kappa shape index (κ1) is 21.2. The van der Waals surface area contributed by atoms with Crippen LogP contribution in [0.2, 0.25) is 5.02 Å². The van der Waals surface area contributed by atoms with Crippen LogP contribution in [-0.2, 0) is 0 Å². The van der Waals surface area contributed by atoms with Gasteiger partial charge in [-0.15, -0.1) is 0 Å². The lowest BCUT2D eigenvalue weighted by Gasteiger charge is -2.18. The molecule has 2 nitrogen and oxygen atoms in total. The maximum Gasteiger partial charge on any atom is 0.0478 e. The number of hydrogen-bond donors (Lipinski definition) is 1. The van der Waals surface area contributed by atoms with E-state index in [2.05, 4.69) is 31.0 Å². The Labute approximate surface area is 142 Å². The van der Waals surface area contributed by atoms with Crippen molar-refractivity contribution in [3.8, 4) is 0 Å². The molecule has 1 aromatic rings. The fraction of sp³-hybridized carbons (Fsp3) is 0.579. The van der Waals surface area contributed by atoms with E-state index in [1.807, 2.05) is 50.4 Å². The molecule has 0 aromatic heterocycles. The van der Waals surface area contributed by atoms with Crippen LogP contribution in [0, 0.1) is 0 Å². The Morgan fingerprint density at radius 1 is 1.23 bits per heavy atom. The van der Waals surface area contributed by atoms with Crippen LogP contribution in [0.15, 0.2) is 30.3 Å². The second-order valence-electron chi connectivity index (χ2n) is 5.38. The maximum atomic E-state index is 5.85. The third-order valence-electron chi connectivity index (χ3n) is 3.75. The fourth-order valence-electron chi connectivity index (χ4n) is 2.10. The molecule has 1 unspecified atom stereocenters. The first-order chi connectivity index (χ1) is 10.6. The molecule has 0 saturated carbocycles. The van der Waals surface area contributed by atoms with E-state index in [-0.39, 0.29) is 0 Å². The Kier molecular flexibility index (Phi) is 13.3. The largest absolute Gasteiger partial charge is 0.317 e. The van der Waals surface area contributed by atoms with E-state index >= 15 is 0 Å². The molecule has 1 rings (SSSR count). The van der Waals surface area contributed by atoms with Gasteiger partial charge in [0, 0.05) is 11.1 Å². The zero-order chi connectivity index (χ0) is 16.8. The molecule has 126 valence electrons. The van der Waals surface area contributed by atoms with E-state index < -0.39 is 0 Å². The summed E-state index contributed by atoms with van der Waals surface area (Å²) >= 11 is 5.85. The van der Waals surface area contributed by atoms with Gasteiger partial charge in [0.2, 0.25) is 0 Å². The molecule has 0 radical (unpaired) electrons. The third-order valence-corrected chi connectivity index (χ3v) is 4.09. The lowest BCUT2D eigenvalue weighted by atomic mass is 10.2. The molecule has 1 N–H and O–H groups in total. The van der Waals surface area contributed by atoms with Gasteiger partial charge in [-0.25, -0.2) is 0 Å². The molecule has 0 fully saturated rings. The lowest BCUT2D eigenvalue weighted by Crippen LogP contribution is -2.27. The van der Waals surface area contributed by atoms with E-state index in [1.54, 1.807) is 0 Å². The molecule has 3 heteroatoms. The Hall–Kier alpha value is -0.830. The quantitative estimate of drug-likeness (QED) is 0.716. The topological polar surface area (TPSA) is 15.3 Å². The zero-order valence-electron chi connectivity index (χ0n) is 14.9. The average Bonchev–Trinajstić information content (AvgIpc) is 2.54. The molecule has 1 atom stereocenters. The number of allylic oxidation sites excluding steroid dienone is 1. The normalized spacial score (nSPS) is 12.3. The minimum atomic E-state index is 0.667. The van der Waals surface area contributed by atoms with E-state index in [4.69, 9.17) is 11.6 Å². The summed E-state index contributed by atoms with van der Waals surface area (Å²) in [6, 6.07) is 8.44. The van der Waals surface area contributed by atoms with E-state index in [1.165, 1.54) is 32.5 Å². The van der Waals surface area contributed by atoms with Crippen LogP contribution in [-0.4, -0.2) is 37.6 Å². The first-order valence-electron chi connectivity index (χ1n) is 8.35. The molecular formula is C19H33ClN2. The van der Waals surface area contributed by atoms with Crippen LogP contribution in [0.3, 0.4) is 0 Å². The van der Waals surface area contributed by atoms with Crippen LogP contribution in [0.5, 0.6) is 0 Å². The van der Waals surface area contributed by atoms with Crippen molar-refractivity contribution in [1.82, 2.24) is 10.2 Å². The molecule has 22 heavy (non-hydrogen) atoms. The van der Waals surface area contributed by atoms with Crippen molar-refractivity contribution in [2.24, 2.45) is 0 Å². The zero-order valence-corrected chi connectivity index (χ0v) is 15.7. The van der Waals surface area contributed by atoms with Crippen molar-refractivity contribution in [2.45, 2.75) is 46.6 Å². The number of rotatable bonds is 8. The summed E-state index contributed by atoms with van der Waals surface area (Å²) in [5, 5.41) is 4.06. The molecule has 0 aliphatic rings. The summed E-state index contributed by atoms with van der Waals surface area (Å²) in [4.78, 5) is 2.47. The van der Waals surface area contributed by atoms with Crippen LogP contribution in [0.25, 0.3) is 6.08 Å². The number of nitrogens with one attached hydrogen (secondary N) is 1. The van der Waals surface area contributed by atoms with Crippen LogP contribution >= 0.6 is 11.6 Å². The fourth-order valence-corrected chi connectivity index (χ4v) is 2.29. The molecule has 0 aliphatic heterocycles. The van der Waals surface area contributed by atoms with Gasteiger partial charge in [0.25, 0.3) is 0 Å². The summed E-state index contributed by atoms with van der Waals surface area (Å²) in [6.07, 6.45) is 6.56. The van der Waals surface area contributed by atoms with Gasteiger partial charge in [-0.1, -0.05) is 55.8 Å². The maximum absolute atomic E-state index is 5.85. The number of nitrogens with zero attached hydrogens (tertiary/aromatic N) is 1. The van der Waals surface area contributed by atoms with Gasteiger partial charge in [-0.05, 0) is 65.0 Å². The van der Waals surface area contributed by atoms with Gasteiger partial charge in [-0.2, -0.15) is 0 Å². The van der Waals surface area contributed by atoms with Crippen molar-refractivity contribution in [2.75, 3.05) is 26.7 Å². The molecule has 1 aromatic carbocycles. The summed E-state index contributed by atoms with van der Waals surface area (Å²) in [7, 11) is 2.03. The highest BCUT2D eigenvalue weighted by Gasteiger charge is 2.01. The highest BCUT2D eigenvalue weighted by molar-refractivity contribution is 6.32. The van der Waals surface area contributed by atoms with Crippen LogP contribution in [0.4, 0.5) is 0 Å². The minimum absolute atomic E-state index is 0.667. The highest BCUT2D eigenvalue weighted by atomic mass is 35.5. The van der Waals surface area contributed by atoms with Crippen LogP contribution in [0.1, 0.15) is 46.1 Å². The van der Waals surface area contributed by atoms with Crippen molar-refractivity contribution in [3.05, 3.63) is 40.9 Å². The van der Waals surface area contributed by atoms with E-state index in [0.29, 0.717) is 6.04 Å². The van der Waals surface area contributed by atoms with E-state index in [0.717, 1.165) is 10.6 Å². The molecular weight excluding hydrogens is 292 g/mol. The Morgan fingerprint density at radius 3 is 2.36 bits per heavy atom. The summed E-state index contributed by atoms with van der Waals surface area (Å²) in [6.45, 7) is 12.3. The predicted molar refractivity (Wildman–Crippen MR) is 102 cm³/mol. The SMILES string of the molecule is C/C=C/c1ccccc1Cl.CCN(CC)CCCC(C)NC. The van der Waals surface area contributed by atoms with Gasteiger partial charge >= 0.3 is 0 Å². The van der Waals surface area contributed by atoms with Gasteiger partial charge < -0.3 is 10.2 Å². The summed E-state index contributed by atoms with van der Waals surface area (Å²) in [5.74, 6) is 0. The number of hydrogen-bond acceptors (Lipinski definition) is 2. The Bertz CT molecular complexity index is 400. The third kappa shape index (κ3) is 9.99. The predicted octanol–water partition coefficient (Wildman–Crippen LogP) is 5.09.